The third-order valence-electron chi connectivity index (χ3n) is 6.64. The van der Waals surface area contributed by atoms with Crippen molar-refractivity contribution in [1.82, 2.24) is 0 Å². The zero-order chi connectivity index (χ0) is 28.8. The van der Waals surface area contributed by atoms with E-state index in [4.69, 9.17) is 19.7 Å². The largest absolute Gasteiger partial charge is 0.478 e. The summed E-state index contributed by atoms with van der Waals surface area (Å²) in [5, 5.41) is 17.1. The molecule has 2 unspecified atom stereocenters. The normalized spacial score (nSPS) is 12.2. The molecule has 2 aromatic rings. The fourth-order valence-electron chi connectivity index (χ4n) is 3.19. The first-order valence-electron chi connectivity index (χ1n) is 12.9. The van der Waals surface area contributed by atoms with Gasteiger partial charge in [0.2, 0.25) is 0 Å². The van der Waals surface area contributed by atoms with E-state index in [1.807, 2.05) is 0 Å². The van der Waals surface area contributed by atoms with Crippen LogP contribution in [-0.2, 0) is 9.47 Å². The highest BCUT2D eigenvalue weighted by Gasteiger charge is 2.20. The van der Waals surface area contributed by atoms with Crippen LogP contribution in [-0.4, -0.2) is 47.3 Å². The molecule has 0 bridgehead atoms. The Kier molecular flexibility index (Phi) is 13.8. The summed E-state index contributed by atoms with van der Waals surface area (Å²) in [4.78, 5) is 45.7. The summed E-state index contributed by atoms with van der Waals surface area (Å²) in [7, 11) is 0. The average Bonchev–Trinajstić information content (AvgIpc) is 2.88. The van der Waals surface area contributed by atoms with E-state index in [-0.39, 0.29) is 22.3 Å². The smallest absolute Gasteiger partial charge is 0.339 e. The lowest BCUT2D eigenvalue weighted by Crippen LogP contribution is -2.17. The fraction of sp³-hybridized carbons (Fsp3) is 0.467. The van der Waals surface area contributed by atoms with Crippen LogP contribution in [0.25, 0.3) is 0 Å². The number of rotatable bonds is 12. The minimum Gasteiger partial charge on any atom is -0.478 e. The molecule has 38 heavy (non-hydrogen) atoms. The molecule has 0 heterocycles. The second kappa shape index (κ2) is 16.2. The Hall–Kier alpha value is -3.68. The van der Waals surface area contributed by atoms with E-state index in [2.05, 4.69) is 41.5 Å². The Morgan fingerprint density at radius 1 is 0.579 bits per heavy atom. The maximum atomic E-state index is 12.4. The van der Waals surface area contributed by atoms with E-state index in [0.717, 1.165) is 12.8 Å². The number of hydrogen-bond acceptors (Lipinski definition) is 6. The van der Waals surface area contributed by atoms with Crippen LogP contribution in [0.15, 0.2) is 48.5 Å². The summed E-state index contributed by atoms with van der Waals surface area (Å²) in [6.07, 6.45) is 1.62. The van der Waals surface area contributed by atoms with Crippen LogP contribution in [0.4, 0.5) is 0 Å². The third-order valence-corrected chi connectivity index (χ3v) is 6.64. The lowest BCUT2D eigenvalue weighted by molar-refractivity contribution is 0.0430. The number of esters is 2. The van der Waals surface area contributed by atoms with Gasteiger partial charge in [0.1, 0.15) is 0 Å². The standard InChI is InChI=1S/C22H34O4.C8H6O4/c1-15(2)17(5)11-13-25-21(23)19-9-7-8-10-20(19)22(24)26-14-12-18(6)16(3)4;9-7(10)5-3-1-2-4-6(5)8(11)12/h7-10,15-18H,11-14H2,1-6H3;1-4H,(H,9,10)(H,11,12). The molecule has 2 aromatic carbocycles. The van der Waals surface area contributed by atoms with Gasteiger partial charge in [0.15, 0.2) is 0 Å². The SMILES string of the molecule is CC(C)C(C)CCOC(=O)c1ccccc1C(=O)OCCC(C)C(C)C.O=C(O)c1ccccc1C(=O)O. The lowest BCUT2D eigenvalue weighted by atomic mass is 9.95. The van der Waals surface area contributed by atoms with Crippen LogP contribution in [0.3, 0.4) is 0 Å². The topological polar surface area (TPSA) is 127 Å². The highest BCUT2D eigenvalue weighted by molar-refractivity contribution is 6.03. The summed E-state index contributed by atoms with van der Waals surface area (Å²) in [5.41, 5.74) is 0.160. The molecule has 0 aliphatic carbocycles. The van der Waals surface area contributed by atoms with E-state index < -0.39 is 23.9 Å². The van der Waals surface area contributed by atoms with E-state index in [1.54, 1.807) is 24.3 Å². The number of carbonyl (C=O) groups excluding carboxylic acids is 2. The lowest BCUT2D eigenvalue weighted by Gasteiger charge is -2.16. The van der Waals surface area contributed by atoms with Crippen molar-refractivity contribution in [3.05, 3.63) is 70.8 Å². The molecule has 8 nitrogen and oxygen atoms in total. The Bertz CT molecular complexity index is 989. The van der Waals surface area contributed by atoms with Crippen LogP contribution in [0, 0.1) is 23.7 Å². The zero-order valence-electron chi connectivity index (χ0n) is 23.1. The molecule has 0 amide bonds. The predicted molar refractivity (Wildman–Crippen MR) is 145 cm³/mol. The fourth-order valence-corrected chi connectivity index (χ4v) is 3.19. The Morgan fingerprint density at radius 3 is 1.13 bits per heavy atom. The molecule has 0 aliphatic rings. The van der Waals surface area contributed by atoms with Crippen LogP contribution in [0.1, 0.15) is 95.8 Å². The van der Waals surface area contributed by atoms with E-state index >= 15 is 0 Å². The van der Waals surface area contributed by atoms with Crippen molar-refractivity contribution in [2.24, 2.45) is 23.7 Å². The van der Waals surface area contributed by atoms with Gasteiger partial charge in [0, 0.05) is 0 Å². The van der Waals surface area contributed by atoms with Gasteiger partial charge in [-0.15, -0.1) is 0 Å². The molecule has 0 saturated heterocycles. The van der Waals surface area contributed by atoms with Crippen LogP contribution in [0.5, 0.6) is 0 Å². The van der Waals surface area contributed by atoms with Crippen molar-refractivity contribution in [3.63, 3.8) is 0 Å². The van der Waals surface area contributed by atoms with Gasteiger partial charge in [0.25, 0.3) is 0 Å². The van der Waals surface area contributed by atoms with Crippen molar-refractivity contribution in [1.29, 1.82) is 0 Å². The quantitative estimate of drug-likeness (QED) is 0.301. The van der Waals surface area contributed by atoms with Gasteiger partial charge in [0.05, 0.1) is 35.5 Å². The molecule has 0 radical (unpaired) electrons. The number of carboxylic acid groups (broad SMARTS) is 2. The van der Waals surface area contributed by atoms with Gasteiger partial charge in [-0.05, 0) is 60.8 Å². The van der Waals surface area contributed by atoms with Gasteiger partial charge in [-0.2, -0.15) is 0 Å². The Morgan fingerprint density at radius 2 is 0.868 bits per heavy atom. The first kappa shape index (κ1) is 32.3. The van der Waals surface area contributed by atoms with Crippen molar-refractivity contribution in [3.8, 4) is 0 Å². The monoisotopic (exact) mass is 528 g/mol. The van der Waals surface area contributed by atoms with Gasteiger partial charge in [-0.25, -0.2) is 19.2 Å². The summed E-state index contributed by atoms with van der Waals surface area (Å²) >= 11 is 0. The molecule has 2 rings (SSSR count). The Balaban J connectivity index is 0.000000499. The second-order valence-corrected chi connectivity index (χ2v) is 9.99. The molecular weight excluding hydrogens is 488 g/mol. The number of hydrogen-bond donors (Lipinski definition) is 2. The number of carboxylic acids is 2. The molecular formula is C30H40O8. The maximum absolute atomic E-state index is 12.4. The number of ether oxygens (including phenoxy) is 2. The second-order valence-electron chi connectivity index (χ2n) is 9.99. The number of carbonyl (C=O) groups is 4. The highest BCUT2D eigenvalue weighted by atomic mass is 16.5. The number of benzene rings is 2. The van der Waals surface area contributed by atoms with Gasteiger partial charge >= 0.3 is 23.9 Å². The summed E-state index contributed by atoms with van der Waals surface area (Å²) in [6.45, 7) is 13.6. The van der Waals surface area contributed by atoms with Crippen LogP contribution in [0.2, 0.25) is 0 Å². The van der Waals surface area contributed by atoms with E-state index in [1.165, 1.54) is 24.3 Å². The van der Waals surface area contributed by atoms with E-state index in [9.17, 15) is 19.2 Å². The zero-order valence-corrected chi connectivity index (χ0v) is 23.1. The van der Waals surface area contributed by atoms with Gasteiger partial charge < -0.3 is 19.7 Å². The molecule has 0 saturated carbocycles. The minimum absolute atomic E-state index is 0.190. The van der Waals surface area contributed by atoms with Crippen LogP contribution >= 0.6 is 0 Å². The molecule has 8 heteroatoms. The first-order chi connectivity index (χ1) is 17.9. The van der Waals surface area contributed by atoms with E-state index in [0.29, 0.717) is 36.9 Å². The van der Waals surface area contributed by atoms with Crippen molar-refractivity contribution in [2.45, 2.75) is 54.4 Å². The summed E-state index contributed by atoms with van der Waals surface area (Å²) < 4.78 is 10.7. The molecule has 208 valence electrons. The first-order valence-corrected chi connectivity index (χ1v) is 12.9. The minimum atomic E-state index is -1.23. The maximum Gasteiger partial charge on any atom is 0.339 e. The van der Waals surface area contributed by atoms with Crippen molar-refractivity contribution in [2.75, 3.05) is 13.2 Å². The van der Waals surface area contributed by atoms with Crippen LogP contribution < -0.4 is 0 Å². The summed E-state index contributed by atoms with van der Waals surface area (Å²) in [5.74, 6) is -1.35. The molecule has 0 aromatic heterocycles. The average molecular weight is 529 g/mol. The molecule has 0 aliphatic heterocycles. The predicted octanol–water partition coefficient (Wildman–Crippen LogP) is 6.45. The number of aromatic carboxylic acids is 2. The molecule has 2 N–H and O–H groups in total. The Labute approximate surface area is 225 Å². The summed E-state index contributed by atoms with van der Waals surface area (Å²) in [6, 6.07) is 12.2. The molecule has 0 fully saturated rings. The van der Waals surface area contributed by atoms with Gasteiger partial charge in [-0.3, -0.25) is 0 Å². The van der Waals surface area contributed by atoms with Crippen molar-refractivity contribution < 1.29 is 38.9 Å². The molecule has 2 atom stereocenters. The third kappa shape index (κ3) is 10.7. The highest BCUT2D eigenvalue weighted by Crippen LogP contribution is 2.17. The molecule has 0 spiro atoms. The van der Waals surface area contributed by atoms with Crippen molar-refractivity contribution >= 4 is 23.9 Å². The van der Waals surface area contributed by atoms with Gasteiger partial charge in [-0.1, -0.05) is 65.8 Å².